The molecule has 1 aliphatic heterocycles. The van der Waals surface area contributed by atoms with Gasteiger partial charge >= 0.3 is 18.7 Å². The number of piperidine rings is 1. The molecule has 38 heavy (non-hydrogen) atoms. The van der Waals surface area contributed by atoms with Gasteiger partial charge in [0.05, 0.1) is 17.1 Å². The number of hydrogen-bond donors (Lipinski definition) is 3. The van der Waals surface area contributed by atoms with Gasteiger partial charge in [0.15, 0.2) is 11.3 Å². The molecular weight excluding hydrogens is 567 g/mol. The van der Waals surface area contributed by atoms with E-state index in [1.807, 2.05) is 0 Å². The van der Waals surface area contributed by atoms with Crippen LogP contribution in [0.5, 0.6) is 5.75 Å². The van der Waals surface area contributed by atoms with Crippen LogP contribution in [0.4, 0.5) is 39.5 Å². The molecule has 8 nitrogen and oxygen atoms in total. The number of likely N-dealkylation sites (tertiary alicyclic amines) is 1. The van der Waals surface area contributed by atoms with Crippen molar-refractivity contribution in [3.05, 3.63) is 34.5 Å². The lowest BCUT2D eigenvalue weighted by Crippen LogP contribution is -2.53. The molecule has 2 heterocycles. The Balaban J connectivity index is 2.16. The lowest BCUT2D eigenvalue weighted by atomic mass is 9.91. The number of aldehydes is 1. The van der Waals surface area contributed by atoms with Crippen molar-refractivity contribution in [2.45, 2.75) is 42.9 Å². The number of ether oxygens (including phenoxy) is 1. The fourth-order valence-corrected chi connectivity index (χ4v) is 4.71. The van der Waals surface area contributed by atoms with E-state index in [2.05, 4.69) is 9.72 Å². The highest BCUT2D eigenvalue weighted by Crippen LogP contribution is 2.52. The second-order valence-electron chi connectivity index (χ2n) is 8.07. The molecular formula is C20H15F9N2O6S. The summed E-state index contributed by atoms with van der Waals surface area (Å²) in [5.74, 6) is -2.63. The zero-order chi connectivity index (χ0) is 28.8. The fraction of sp³-hybridized carbons (Fsp3) is 0.450. The van der Waals surface area contributed by atoms with Crippen LogP contribution < -0.4 is 4.74 Å². The third-order valence-electron chi connectivity index (χ3n) is 5.33. The van der Waals surface area contributed by atoms with Crippen molar-refractivity contribution in [1.29, 1.82) is 0 Å². The molecule has 0 unspecified atom stereocenters. The summed E-state index contributed by atoms with van der Waals surface area (Å²) in [4.78, 5) is 28.3. The molecule has 3 rings (SSSR count). The van der Waals surface area contributed by atoms with Gasteiger partial charge in [-0.25, -0.2) is 4.98 Å². The highest BCUT2D eigenvalue weighted by molar-refractivity contribution is 7.17. The average Bonchev–Trinajstić information content (AvgIpc) is 3.18. The monoisotopic (exact) mass is 582 g/mol. The van der Waals surface area contributed by atoms with Gasteiger partial charge in [-0.05, 0) is 12.1 Å². The molecule has 2 atom stereocenters. The predicted octanol–water partition coefficient (Wildman–Crippen LogP) is 3.40. The molecule has 0 spiro atoms. The van der Waals surface area contributed by atoms with Crippen molar-refractivity contribution in [3.63, 3.8) is 0 Å². The van der Waals surface area contributed by atoms with Crippen LogP contribution in [0.1, 0.15) is 32.3 Å². The van der Waals surface area contributed by atoms with Crippen LogP contribution in [0.25, 0.3) is 10.4 Å². The van der Waals surface area contributed by atoms with Gasteiger partial charge in [0.2, 0.25) is 0 Å². The number of β-amino-alcohol motifs (C(OH)–C–C–N with tert-alkyl or cyclic N) is 2. The first-order chi connectivity index (χ1) is 17.3. The van der Waals surface area contributed by atoms with E-state index in [0.29, 0.717) is 6.07 Å². The van der Waals surface area contributed by atoms with Gasteiger partial charge in [0.1, 0.15) is 11.4 Å². The number of aliphatic hydroxyl groups excluding tert-OH is 2. The van der Waals surface area contributed by atoms with Crippen LogP contribution in [0, 0.1) is 0 Å². The van der Waals surface area contributed by atoms with Crippen molar-refractivity contribution in [1.82, 2.24) is 9.88 Å². The number of aromatic nitrogens is 1. The number of amides is 1. The van der Waals surface area contributed by atoms with Crippen LogP contribution in [0.2, 0.25) is 0 Å². The first-order valence-electron chi connectivity index (χ1n) is 10.2. The van der Waals surface area contributed by atoms with E-state index in [9.17, 15) is 64.4 Å². The zero-order valence-corrected chi connectivity index (χ0v) is 19.2. The maximum atomic E-state index is 13.3. The quantitative estimate of drug-likeness (QED) is 0.365. The molecule has 3 N–H and O–H groups in total. The smallest absolute Gasteiger partial charge is 0.405 e. The van der Waals surface area contributed by atoms with Crippen LogP contribution >= 0.6 is 11.3 Å². The third-order valence-corrected chi connectivity index (χ3v) is 6.42. The summed E-state index contributed by atoms with van der Waals surface area (Å²) >= 11 is 0.255. The lowest BCUT2D eigenvalue weighted by molar-refractivity contribution is -0.376. The maximum absolute atomic E-state index is 13.3. The molecule has 210 valence electrons. The van der Waals surface area contributed by atoms with Crippen molar-refractivity contribution in [2.75, 3.05) is 13.1 Å². The van der Waals surface area contributed by atoms with Crippen LogP contribution in [-0.4, -0.2) is 81.4 Å². The maximum Gasteiger partial charge on any atom is 0.573 e. The van der Waals surface area contributed by atoms with E-state index < -0.39 is 74.9 Å². The first kappa shape index (κ1) is 29.6. The molecule has 1 fully saturated rings. The van der Waals surface area contributed by atoms with E-state index in [1.54, 1.807) is 0 Å². The van der Waals surface area contributed by atoms with Gasteiger partial charge in [0, 0.05) is 30.6 Å². The summed E-state index contributed by atoms with van der Waals surface area (Å²) in [5, 5.41) is 28.5. The van der Waals surface area contributed by atoms with Gasteiger partial charge in [-0.1, -0.05) is 6.07 Å². The van der Waals surface area contributed by atoms with E-state index in [-0.39, 0.29) is 49.3 Å². The number of carbonyl (C=O) groups is 2. The summed E-state index contributed by atoms with van der Waals surface area (Å²) in [6.07, 6.45) is -20.8. The summed E-state index contributed by atoms with van der Waals surface area (Å²) in [6.45, 7) is -0.544. The SMILES string of the molecule is O=Cc1nc(C(=O)N2C[C@H](O)C[C@H](O)C2)sc1-c1ccc(C(O)(C(F)(F)F)C(F)(F)F)cc1OC(F)(F)F. The Labute approximate surface area is 209 Å². The van der Waals surface area contributed by atoms with Gasteiger partial charge in [-0.2, -0.15) is 26.3 Å². The van der Waals surface area contributed by atoms with Crippen LogP contribution in [0.3, 0.4) is 0 Å². The minimum atomic E-state index is -6.41. The third kappa shape index (κ3) is 5.71. The lowest BCUT2D eigenvalue weighted by Gasteiger charge is -2.33. The van der Waals surface area contributed by atoms with Crippen molar-refractivity contribution in [3.8, 4) is 16.2 Å². The van der Waals surface area contributed by atoms with Crippen molar-refractivity contribution in [2.24, 2.45) is 0 Å². The number of benzene rings is 1. The number of alkyl halides is 9. The molecule has 0 radical (unpaired) electrons. The predicted molar refractivity (Wildman–Crippen MR) is 108 cm³/mol. The van der Waals surface area contributed by atoms with Gasteiger partial charge in [0.25, 0.3) is 11.5 Å². The second-order valence-corrected chi connectivity index (χ2v) is 9.07. The largest absolute Gasteiger partial charge is 0.573 e. The number of nitrogens with zero attached hydrogens (tertiary/aromatic N) is 2. The summed E-state index contributed by atoms with van der Waals surface area (Å²) in [5.41, 5.74) is -9.22. The van der Waals surface area contributed by atoms with Gasteiger partial charge in [-0.3, -0.25) is 9.59 Å². The summed E-state index contributed by atoms with van der Waals surface area (Å²) in [6, 6.07) is 0.00563. The minimum Gasteiger partial charge on any atom is -0.405 e. The molecule has 1 aromatic heterocycles. The Bertz CT molecular complexity index is 1190. The molecule has 1 aliphatic rings. The number of hydrogen-bond acceptors (Lipinski definition) is 8. The van der Waals surface area contributed by atoms with Crippen LogP contribution in [0.15, 0.2) is 18.2 Å². The Morgan fingerprint density at radius 3 is 2.05 bits per heavy atom. The van der Waals surface area contributed by atoms with Gasteiger partial charge < -0.3 is 25.0 Å². The molecule has 18 heteroatoms. The first-order valence-corrected chi connectivity index (χ1v) is 11.0. The zero-order valence-electron chi connectivity index (χ0n) is 18.4. The Kier molecular flexibility index (Phi) is 7.77. The normalized spacial score (nSPS) is 19.4. The van der Waals surface area contributed by atoms with E-state index in [0.717, 1.165) is 4.90 Å². The fourth-order valence-electron chi connectivity index (χ4n) is 3.68. The van der Waals surface area contributed by atoms with Crippen LogP contribution in [-0.2, 0) is 5.60 Å². The van der Waals surface area contributed by atoms with E-state index in [1.165, 1.54) is 0 Å². The standard InChI is InChI=1S/C20H15F9N2O6S/c21-18(22,23)17(36,19(24,25)26)8-1-2-11(13(3-8)37-20(27,28)29)14-12(7-32)30-15(38-14)16(35)31-5-9(33)4-10(34)6-31/h1-3,7,9-10,33-34,36H,4-6H2/t9-,10+. The molecule has 0 bridgehead atoms. The highest BCUT2D eigenvalue weighted by atomic mass is 32.1. The summed E-state index contributed by atoms with van der Waals surface area (Å²) in [7, 11) is 0. The molecule has 2 aromatic rings. The van der Waals surface area contributed by atoms with Gasteiger partial charge in [-0.15, -0.1) is 24.5 Å². The number of aliphatic hydroxyl groups is 3. The van der Waals surface area contributed by atoms with E-state index in [4.69, 9.17) is 0 Å². The Hall–Kier alpha value is -2.96. The Morgan fingerprint density at radius 2 is 1.58 bits per heavy atom. The number of carbonyl (C=O) groups excluding carboxylic acids is 2. The van der Waals surface area contributed by atoms with E-state index >= 15 is 0 Å². The number of thiazole rings is 1. The summed E-state index contributed by atoms with van der Waals surface area (Å²) < 4.78 is 122. The van der Waals surface area contributed by atoms with Crippen molar-refractivity contribution >= 4 is 23.5 Å². The molecule has 0 aliphatic carbocycles. The molecule has 0 saturated carbocycles. The van der Waals surface area contributed by atoms with Crippen molar-refractivity contribution < 1.29 is 69.2 Å². The topological polar surface area (TPSA) is 120 Å². The number of halogens is 9. The average molecular weight is 582 g/mol. The minimum absolute atomic E-state index is 0.0322. The molecule has 1 saturated heterocycles. The molecule has 1 amide bonds. The molecule has 1 aromatic carbocycles. The Morgan fingerprint density at radius 1 is 1.03 bits per heavy atom. The second kappa shape index (κ2) is 9.97. The highest BCUT2D eigenvalue weighted by Gasteiger charge is 2.71. The number of rotatable bonds is 5.